The van der Waals surface area contributed by atoms with Crippen LogP contribution in [0.15, 0.2) is 35.2 Å². The highest BCUT2D eigenvalue weighted by molar-refractivity contribution is 7.89. The molecule has 0 aromatic heterocycles. The molecule has 6 nitrogen and oxygen atoms in total. The minimum absolute atomic E-state index is 0.0886. The first-order valence-electron chi connectivity index (χ1n) is 8.93. The molecule has 0 bridgehead atoms. The molecule has 25 heavy (non-hydrogen) atoms. The number of nitrogens with one attached hydrogen (secondary N) is 1. The zero-order valence-electron chi connectivity index (χ0n) is 14.2. The van der Waals surface area contributed by atoms with E-state index < -0.39 is 15.6 Å². The van der Waals surface area contributed by atoms with Crippen LogP contribution in [0.3, 0.4) is 0 Å². The van der Waals surface area contributed by atoms with Gasteiger partial charge in [0.2, 0.25) is 15.9 Å². The maximum atomic E-state index is 12.6. The molecule has 3 fully saturated rings. The molecule has 1 amide bonds. The third-order valence-corrected chi connectivity index (χ3v) is 7.16. The van der Waals surface area contributed by atoms with Crippen molar-refractivity contribution in [3.63, 3.8) is 0 Å². The Hall–Kier alpha value is -1.44. The number of ether oxygens (including phenoxy) is 1. The molecule has 0 radical (unpaired) electrons. The van der Waals surface area contributed by atoms with E-state index in [2.05, 4.69) is 5.32 Å². The van der Waals surface area contributed by atoms with E-state index in [1.165, 1.54) is 17.1 Å². The highest BCUT2D eigenvalue weighted by Crippen LogP contribution is 2.41. The van der Waals surface area contributed by atoms with Crippen LogP contribution in [0.1, 0.15) is 25.7 Å². The van der Waals surface area contributed by atoms with E-state index in [0.717, 1.165) is 13.0 Å². The summed E-state index contributed by atoms with van der Waals surface area (Å²) in [5.41, 5.74) is -0.400. The first-order chi connectivity index (χ1) is 12.0. The SMILES string of the molecule is O=C(CC1COC2(C1)CN(S(=O)(=O)c1ccccc1)C2)NCC1CC1. The third-order valence-electron chi connectivity index (χ3n) is 5.35. The van der Waals surface area contributed by atoms with Gasteiger partial charge in [-0.3, -0.25) is 4.79 Å². The summed E-state index contributed by atoms with van der Waals surface area (Å²) >= 11 is 0. The molecule has 2 saturated heterocycles. The minimum Gasteiger partial charge on any atom is -0.372 e. The minimum atomic E-state index is -3.44. The maximum absolute atomic E-state index is 12.6. The molecule has 1 atom stereocenters. The van der Waals surface area contributed by atoms with Gasteiger partial charge in [-0.2, -0.15) is 4.31 Å². The fourth-order valence-corrected chi connectivity index (χ4v) is 5.32. The van der Waals surface area contributed by atoms with E-state index in [9.17, 15) is 13.2 Å². The summed E-state index contributed by atoms with van der Waals surface area (Å²) in [6.07, 6.45) is 3.67. The molecule has 1 saturated carbocycles. The Labute approximate surface area is 148 Å². The first-order valence-corrected chi connectivity index (χ1v) is 10.4. The van der Waals surface area contributed by atoms with E-state index >= 15 is 0 Å². The van der Waals surface area contributed by atoms with Gasteiger partial charge in [-0.05, 0) is 43.2 Å². The van der Waals surface area contributed by atoms with Crippen LogP contribution in [0.25, 0.3) is 0 Å². The second-order valence-corrected chi connectivity index (χ2v) is 9.54. The molecule has 1 aromatic rings. The second kappa shape index (κ2) is 6.37. The topological polar surface area (TPSA) is 75.7 Å². The Bertz CT molecular complexity index is 740. The lowest BCUT2D eigenvalue weighted by Gasteiger charge is -2.46. The lowest BCUT2D eigenvalue weighted by Crippen LogP contribution is -2.63. The van der Waals surface area contributed by atoms with Crippen molar-refractivity contribution in [2.45, 2.75) is 36.2 Å². The third kappa shape index (κ3) is 3.59. The molecular weight excluding hydrogens is 340 g/mol. The predicted octanol–water partition coefficient (Wildman–Crippen LogP) is 1.38. The van der Waals surface area contributed by atoms with Gasteiger partial charge in [0.25, 0.3) is 0 Å². The Morgan fingerprint density at radius 1 is 1.20 bits per heavy atom. The number of carbonyl (C=O) groups is 1. The van der Waals surface area contributed by atoms with Gasteiger partial charge in [-0.25, -0.2) is 8.42 Å². The predicted molar refractivity (Wildman–Crippen MR) is 92.3 cm³/mol. The fraction of sp³-hybridized carbons (Fsp3) is 0.611. The molecule has 1 aromatic carbocycles. The van der Waals surface area contributed by atoms with E-state index in [4.69, 9.17) is 4.74 Å². The van der Waals surface area contributed by atoms with Crippen molar-refractivity contribution >= 4 is 15.9 Å². The average molecular weight is 364 g/mol. The summed E-state index contributed by atoms with van der Waals surface area (Å²) in [7, 11) is -3.44. The van der Waals surface area contributed by atoms with Crippen molar-refractivity contribution in [3.8, 4) is 0 Å². The number of hydrogen-bond acceptors (Lipinski definition) is 4. The van der Waals surface area contributed by atoms with Crippen LogP contribution in [-0.4, -0.2) is 50.5 Å². The van der Waals surface area contributed by atoms with Gasteiger partial charge in [-0.1, -0.05) is 18.2 Å². The molecule has 1 N–H and O–H groups in total. The molecule has 4 rings (SSSR count). The molecule has 2 heterocycles. The van der Waals surface area contributed by atoms with Crippen molar-refractivity contribution in [2.75, 3.05) is 26.2 Å². The Kier molecular flexibility index (Phi) is 4.33. The standard InChI is InChI=1S/C18H24N2O4S/c21-17(19-10-14-6-7-14)8-15-9-18(24-11-15)12-20(13-18)25(22,23)16-4-2-1-3-5-16/h1-5,14-15H,6-13H2,(H,19,21). The summed E-state index contributed by atoms with van der Waals surface area (Å²) < 4.78 is 32.5. The molecule has 3 aliphatic rings. The molecule has 7 heteroatoms. The molecule has 2 aliphatic heterocycles. The number of hydrogen-bond donors (Lipinski definition) is 1. The summed E-state index contributed by atoms with van der Waals surface area (Å²) in [5.74, 6) is 0.949. The van der Waals surface area contributed by atoms with E-state index in [1.807, 2.05) is 0 Å². The van der Waals surface area contributed by atoms with Gasteiger partial charge in [0.15, 0.2) is 0 Å². The van der Waals surface area contributed by atoms with E-state index in [1.54, 1.807) is 30.3 Å². The van der Waals surface area contributed by atoms with Crippen molar-refractivity contribution in [3.05, 3.63) is 30.3 Å². The van der Waals surface area contributed by atoms with E-state index in [0.29, 0.717) is 36.9 Å². The zero-order chi connectivity index (χ0) is 17.5. The number of carbonyl (C=O) groups excluding carboxylic acids is 1. The van der Waals surface area contributed by atoms with Gasteiger partial charge in [0.05, 0.1) is 17.1 Å². The van der Waals surface area contributed by atoms with Crippen molar-refractivity contribution in [1.82, 2.24) is 9.62 Å². The molecule has 136 valence electrons. The van der Waals surface area contributed by atoms with Crippen molar-refractivity contribution < 1.29 is 17.9 Å². The summed E-state index contributed by atoms with van der Waals surface area (Å²) in [4.78, 5) is 12.3. The van der Waals surface area contributed by atoms with E-state index in [-0.39, 0.29) is 11.8 Å². The lowest BCUT2D eigenvalue weighted by atomic mass is 9.87. The smallest absolute Gasteiger partial charge is 0.243 e. The number of sulfonamides is 1. The van der Waals surface area contributed by atoms with Gasteiger partial charge >= 0.3 is 0 Å². The normalized spacial score (nSPS) is 25.7. The Balaban J connectivity index is 1.29. The Morgan fingerprint density at radius 3 is 2.60 bits per heavy atom. The summed E-state index contributed by atoms with van der Waals surface area (Å²) in [5, 5.41) is 2.99. The van der Waals surface area contributed by atoms with Crippen LogP contribution in [0, 0.1) is 11.8 Å². The van der Waals surface area contributed by atoms with Crippen molar-refractivity contribution in [2.24, 2.45) is 11.8 Å². The monoisotopic (exact) mass is 364 g/mol. The first kappa shape index (κ1) is 17.0. The van der Waals surface area contributed by atoms with Gasteiger partial charge < -0.3 is 10.1 Å². The number of benzene rings is 1. The van der Waals surface area contributed by atoms with Crippen LogP contribution in [0.4, 0.5) is 0 Å². The largest absolute Gasteiger partial charge is 0.372 e. The summed E-state index contributed by atoms with van der Waals surface area (Å²) in [6.45, 7) is 2.09. The second-order valence-electron chi connectivity index (χ2n) is 7.60. The molecule has 1 spiro atoms. The molecule has 1 unspecified atom stereocenters. The zero-order valence-corrected chi connectivity index (χ0v) is 15.0. The fourth-order valence-electron chi connectivity index (χ4n) is 3.71. The van der Waals surface area contributed by atoms with Crippen molar-refractivity contribution in [1.29, 1.82) is 0 Å². The number of amides is 1. The Morgan fingerprint density at radius 2 is 1.92 bits per heavy atom. The summed E-state index contributed by atoms with van der Waals surface area (Å²) in [6, 6.07) is 8.48. The van der Waals surface area contributed by atoms with Crippen LogP contribution in [0.5, 0.6) is 0 Å². The molecule has 1 aliphatic carbocycles. The maximum Gasteiger partial charge on any atom is 0.243 e. The van der Waals surface area contributed by atoms with Crippen LogP contribution in [-0.2, 0) is 19.6 Å². The van der Waals surface area contributed by atoms with Crippen LogP contribution < -0.4 is 5.32 Å². The number of rotatable bonds is 6. The van der Waals surface area contributed by atoms with Gasteiger partial charge in [0, 0.05) is 26.1 Å². The van der Waals surface area contributed by atoms with Gasteiger partial charge in [0.1, 0.15) is 0 Å². The van der Waals surface area contributed by atoms with Crippen LogP contribution >= 0.6 is 0 Å². The molecular formula is C18H24N2O4S. The van der Waals surface area contributed by atoms with Gasteiger partial charge in [-0.15, -0.1) is 0 Å². The average Bonchev–Trinajstić information content (AvgIpc) is 3.31. The highest BCUT2D eigenvalue weighted by atomic mass is 32.2. The number of nitrogens with zero attached hydrogens (tertiary/aromatic N) is 1. The highest BCUT2D eigenvalue weighted by Gasteiger charge is 2.53. The quantitative estimate of drug-likeness (QED) is 0.827. The lowest BCUT2D eigenvalue weighted by molar-refractivity contribution is -0.122. The van der Waals surface area contributed by atoms with Crippen LogP contribution in [0.2, 0.25) is 0 Å².